The molecule has 1 radical (unpaired) electrons. The lowest BCUT2D eigenvalue weighted by Crippen LogP contribution is -1.97. The maximum absolute atomic E-state index is 10.3. The molecule has 4 heteroatoms. The lowest BCUT2D eigenvalue weighted by Gasteiger charge is -1.92. The fourth-order valence-corrected chi connectivity index (χ4v) is 0.696. The van der Waals surface area contributed by atoms with Gasteiger partial charge in [-0.3, -0.25) is 0 Å². The molecule has 0 aliphatic heterocycles. The van der Waals surface area contributed by atoms with Gasteiger partial charge in [-0.1, -0.05) is 11.6 Å². The van der Waals surface area contributed by atoms with Crippen molar-refractivity contribution in [1.82, 2.24) is 4.98 Å². The highest BCUT2D eigenvalue weighted by atomic mass is 35.5. The summed E-state index contributed by atoms with van der Waals surface area (Å²) in [5.74, 6) is -1.08. The van der Waals surface area contributed by atoms with Gasteiger partial charge in [0.05, 0.1) is 11.8 Å². The summed E-state index contributed by atoms with van der Waals surface area (Å²) in [6.07, 6.45) is 2.41. The fraction of sp³-hybridized carbons (Fsp3) is 0. The van der Waals surface area contributed by atoms with Crippen LogP contribution in [0.1, 0.15) is 10.4 Å². The number of carboxylic acid groups (broad SMARTS) is 1. The number of halogens is 1. The molecule has 1 aromatic heterocycles. The zero-order valence-electron chi connectivity index (χ0n) is 4.84. The van der Waals surface area contributed by atoms with Crippen LogP contribution in [-0.4, -0.2) is 16.1 Å². The Morgan fingerprint density at radius 3 is 2.90 bits per heavy atom. The van der Waals surface area contributed by atoms with Crippen LogP contribution >= 0.6 is 11.6 Å². The van der Waals surface area contributed by atoms with Crippen LogP contribution in [0.4, 0.5) is 0 Å². The van der Waals surface area contributed by atoms with E-state index in [-0.39, 0.29) is 10.7 Å². The molecule has 1 heterocycles. The van der Waals surface area contributed by atoms with Gasteiger partial charge < -0.3 is 5.11 Å². The predicted molar refractivity (Wildman–Crippen MR) is 35.0 cm³/mol. The Labute approximate surface area is 62.3 Å². The Morgan fingerprint density at radius 1 is 1.80 bits per heavy atom. The summed E-state index contributed by atoms with van der Waals surface area (Å²) in [6.45, 7) is 0. The molecular formula is C6H3ClNO2. The zero-order chi connectivity index (χ0) is 7.56. The monoisotopic (exact) mass is 156 g/mol. The van der Waals surface area contributed by atoms with Crippen molar-refractivity contribution >= 4 is 17.6 Å². The van der Waals surface area contributed by atoms with Crippen LogP contribution in [0.5, 0.6) is 0 Å². The molecule has 1 N–H and O–H groups in total. The lowest BCUT2D eigenvalue weighted by molar-refractivity contribution is 0.0696. The van der Waals surface area contributed by atoms with Crippen molar-refractivity contribution in [2.45, 2.75) is 0 Å². The topological polar surface area (TPSA) is 50.2 Å². The largest absolute Gasteiger partial charge is 0.478 e. The van der Waals surface area contributed by atoms with E-state index >= 15 is 0 Å². The number of carbonyl (C=O) groups is 1. The van der Waals surface area contributed by atoms with Gasteiger partial charge >= 0.3 is 5.97 Å². The van der Waals surface area contributed by atoms with Crippen LogP contribution in [0.2, 0.25) is 5.15 Å². The third-order valence-electron chi connectivity index (χ3n) is 0.940. The van der Waals surface area contributed by atoms with Crippen LogP contribution in [0.25, 0.3) is 0 Å². The molecule has 0 atom stereocenters. The maximum Gasteiger partial charge on any atom is 0.338 e. The van der Waals surface area contributed by atoms with E-state index in [9.17, 15) is 4.79 Å². The molecule has 10 heavy (non-hydrogen) atoms. The molecular weight excluding hydrogens is 154 g/mol. The van der Waals surface area contributed by atoms with Gasteiger partial charge in [0.1, 0.15) is 5.15 Å². The number of aromatic carboxylic acids is 1. The molecule has 1 aromatic rings. The Kier molecular flexibility index (Phi) is 1.87. The van der Waals surface area contributed by atoms with Crippen molar-refractivity contribution in [3.05, 3.63) is 29.0 Å². The van der Waals surface area contributed by atoms with Gasteiger partial charge in [0.25, 0.3) is 0 Å². The average Bonchev–Trinajstić information content (AvgIpc) is 1.88. The van der Waals surface area contributed by atoms with E-state index in [1.54, 1.807) is 0 Å². The van der Waals surface area contributed by atoms with Gasteiger partial charge in [-0.05, 0) is 12.1 Å². The van der Waals surface area contributed by atoms with Gasteiger partial charge in [-0.25, -0.2) is 9.78 Å². The quantitative estimate of drug-likeness (QED) is 0.623. The average molecular weight is 157 g/mol. The van der Waals surface area contributed by atoms with Gasteiger partial charge in [0, 0.05) is 0 Å². The lowest BCUT2D eigenvalue weighted by atomic mass is 10.3. The number of carboxylic acids is 1. The number of rotatable bonds is 1. The minimum atomic E-state index is -1.08. The number of nitrogens with zero attached hydrogens (tertiary/aromatic N) is 1. The molecule has 0 unspecified atom stereocenters. The van der Waals surface area contributed by atoms with Crippen LogP contribution in [0.3, 0.4) is 0 Å². The summed E-state index contributed by atoms with van der Waals surface area (Å²) >= 11 is 5.40. The molecule has 0 saturated heterocycles. The Bertz CT molecular complexity index is 262. The highest BCUT2D eigenvalue weighted by Gasteiger charge is 2.06. The second-order valence-electron chi connectivity index (χ2n) is 1.58. The first-order chi connectivity index (χ1) is 4.72. The number of hydrogen-bond donors (Lipinski definition) is 1. The third-order valence-corrected chi connectivity index (χ3v) is 1.23. The zero-order valence-corrected chi connectivity index (χ0v) is 5.59. The van der Waals surface area contributed by atoms with Crippen molar-refractivity contribution in [2.24, 2.45) is 0 Å². The summed E-state index contributed by atoms with van der Waals surface area (Å²) in [5, 5.41) is 8.39. The van der Waals surface area contributed by atoms with Crippen LogP contribution in [0, 0.1) is 6.20 Å². The van der Waals surface area contributed by atoms with Gasteiger partial charge in [0.15, 0.2) is 0 Å². The van der Waals surface area contributed by atoms with Crippen LogP contribution in [0.15, 0.2) is 12.1 Å². The van der Waals surface area contributed by atoms with Crippen molar-refractivity contribution in [1.29, 1.82) is 0 Å². The first kappa shape index (κ1) is 7.02. The molecule has 51 valence electrons. The summed E-state index contributed by atoms with van der Waals surface area (Å²) in [7, 11) is 0. The number of aromatic nitrogens is 1. The van der Waals surface area contributed by atoms with E-state index in [4.69, 9.17) is 16.7 Å². The summed E-state index contributed by atoms with van der Waals surface area (Å²) < 4.78 is 0. The molecule has 1 rings (SSSR count). The number of pyridine rings is 1. The Morgan fingerprint density at radius 2 is 2.50 bits per heavy atom. The summed E-state index contributed by atoms with van der Waals surface area (Å²) in [6, 6.07) is 2.74. The highest BCUT2D eigenvalue weighted by molar-refractivity contribution is 6.32. The molecule has 0 spiro atoms. The van der Waals surface area contributed by atoms with Gasteiger partial charge in [0.2, 0.25) is 0 Å². The van der Waals surface area contributed by atoms with Crippen molar-refractivity contribution in [2.75, 3.05) is 0 Å². The van der Waals surface area contributed by atoms with Gasteiger partial charge in [-0.15, -0.1) is 0 Å². The van der Waals surface area contributed by atoms with E-state index in [2.05, 4.69) is 11.2 Å². The first-order valence-corrected chi connectivity index (χ1v) is 2.85. The fourth-order valence-electron chi connectivity index (χ4n) is 0.503. The second kappa shape index (κ2) is 2.66. The standard InChI is InChI=1S/C6H3ClNO2/c7-5-4(6(9)10)2-1-3-8-5/h1-2H,(H,9,10). The van der Waals surface area contributed by atoms with Crippen molar-refractivity contribution < 1.29 is 9.90 Å². The molecule has 0 aliphatic rings. The second-order valence-corrected chi connectivity index (χ2v) is 1.94. The maximum atomic E-state index is 10.3. The first-order valence-electron chi connectivity index (χ1n) is 2.47. The molecule has 0 amide bonds. The molecule has 0 bridgehead atoms. The minimum absolute atomic E-state index is 0.000386. The minimum Gasteiger partial charge on any atom is -0.478 e. The van der Waals surface area contributed by atoms with Gasteiger partial charge in [-0.2, -0.15) is 0 Å². The normalized spacial score (nSPS) is 9.30. The van der Waals surface area contributed by atoms with Crippen LogP contribution < -0.4 is 0 Å². The SMILES string of the molecule is O=C(O)c1cc[c]nc1Cl. The number of hydrogen-bond acceptors (Lipinski definition) is 2. The molecule has 3 nitrogen and oxygen atoms in total. The molecule has 0 saturated carbocycles. The summed E-state index contributed by atoms with van der Waals surface area (Å²) in [4.78, 5) is 13.7. The van der Waals surface area contributed by atoms with E-state index in [1.807, 2.05) is 0 Å². The van der Waals surface area contributed by atoms with E-state index in [0.717, 1.165) is 0 Å². The smallest absolute Gasteiger partial charge is 0.338 e. The van der Waals surface area contributed by atoms with Crippen LogP contribution in [-0.2, 0) is 0 Å². The highest BCUT2D eigenvalue weighted by Crippen LogP contribution is 2.09. The van der Waals surface area contributed by atoms with Crippen molar-refractivity contribution in [3.63, 3.8) is 0 Å². The Balaban J connectivity index is 3.15. The summed E-state index contributed by atoms with van der Waals surface area (Å²) in [5.41, 5.74) is 0.000386. The van der Waals surface area contributed by atoms with E-state index in [1.165, 1.54) is 12.1 Å². The Hall–Kier alpha value is -1.09. The molecule has 0 aromatic carbocycles. The van der Waals surface area contributed by atoms with Crippen molar-refractivity contribution in [3.8, 4) is 0 Å². The molecule has 0 fully saturated rings. The third kappa shape index (κ3) is 1.25. The van der Waals surface area contributed by atoms with E-state index < -0.39 is 5.97 Å². The predicted octanol–water partition coefficient (Wildman–Crippen LogP) is 1.23. The van der Waals surface area contributed by atoms with E-state index in [0.29, 0.717) is 0 Å². The molecule has 0 aliphatic carbocycles.